The standard InChI is InChI=1S/C17H26N2/c1-13-3-2-4-14(11-13)12-18-15-5-7-16(8-6-15)19-17-9-10-17/h2-4,11,15-19H,5-10,12H2,1H3. The van der Waals surface area contributed by atoms with Gasteiger partial charge >= 0.3 is 0 Å². The van der Waals surface area contributed by atoms with E-state index in [0.29, 0.717) is 0 Å². The van der Waals surface area contributed by atoms with Crippen LogP contribution in [0.25, 0.3) is 0 Å². The molecule has 3 rings (SSSR count). The second-order valence-electron chi connectivity index (χ2n) is 6.36. The molecule has 104 valence electrons. The van der Waals surface area contributed by atoms with E-state index in [1.165, 1.54) is 49.7 Å². The van der Waals surface area contributed by atoms with E-state index < -0.39 is 0 Å². The van der Waals surface area contributed by atoms with Crippen molar-refractivity contribution in [2.45, 2.75) is 70.1 Å². The number of rotatable bonds is 5. The highest BCUT2D eigenvalue weighted by Gasteiger charge is 2.27. The van der Waals surface area contributed by atoms with E-state index in [2.05, 4.69) is 41.8 Å². The van der Waals surface area contributed by atoms with Gasteiger partial charge in [-0.1, -0.05) is 29.8 Å². The number of aryl methyl sites for hydroxylation is 1. The van der Waals surface area contributed by atoms with Gasteiger partial charge in [-0.2, -0.15) is 0 Å². The maximum atomic E-state index is 3.77. The van der Waals surface area contributed by atoms with Crippen molar-refractivity contribution < 1.29 is 0 Å². The quantitative estimate of drug-likeness (QED) is 0.848. The topological polar surface area (TPSA) is 24.1 Å². The minimum atomic E-state index is 0.720. The molecule has 0 unspecified atom stereocenters. The van der Waals surface area contributed by atoms with Gasteiger partial charge in [0.1, 0.15) is 0 Å². The highest BCUT2D eigenvalue weighted by atomic mass is 15.0. The zero-order valence-electron chi connectivity index (χ0n) is 12.0. The Hall–Kier alpha value is -0.860. The fourth-order valence-electron chi connectivity index (χ4n) is 3.13. The van der Waals surface area contributed by atoms with Crippen LogP contribution in [0.5, 0.6) is 0 Å². The zero-order valence-corrected chi connectivity index (χ0v) is 12.0. The van der Waals surface area contributed by atoms with Crippen LogP contribution in [-0.2, 0) is 6.54 Å². The largest absolute Gasteiger partial charge is 0.311 e. The van der Waals surface area contributed by atoms with Gasteiger partial charge in [0.25, 0.3) is 0 Å². The minimum Gasteiger partial charge on any atom is -0.311 e. The van der Waals surface area contributed by atoms with Crippen molar-refractivity contribution in [3.05, 3.63) is 35.4 Å². The zero-order chi connectivity index (χ0) is 13.1. The fraction of sp³-hybridized carbons (Fsp3) is 0.647. The summed E-state index contributed by atoms with van der Waals surface area (Å²) in [6.07, 6.45) is 8.17. The highest BCUT2D eigenvalue weighted by Crippen LogP contribution is 2.25. The van der Waals surface area contributed by atoms with E-state index in [-0.39, 0.29) is 0 Å². The van der Waals surface area contributed by atoms with Crippen molar-refractivity contribution in [2.24, 2.45) is 0 Å². The van der Waals surface area contributed by atoms with E-state index in [9.17, 15) is 0 Å². The van der Waals surface area contributed by atoms with Crippen LogP contribution in [0, 0.1) is 6.92 Å². The lowest BCUT2D eigenvalue weighted by atomic mass is 9.91. The first-order chi connectivity index (χ1) is 9.29. The van der Waals surface area contributed by atoms with E-state index in [1.807, 2.05) is 0 Å². The monoisotopic (exact) mass is 258 g/mol. The Bertz CT molecular complexity index is 403. The Labute approximate surface area is 117 Å². The first kappa shape index (κ1) is 13.1. The summed E-state index contributed by atoms with van der Waals surface area (Å²) in [5.41, 5.74) is 2.77. The predicted molar refractivity (Wildman–Crippen MR) is 80.2 cm³/mol. The Morgan fingerprint density at radius 1 is 0.947 bits per heavy atom. The second kappa shape index (κ2) is 6.06. The summed E-state index contributed by atoms with van der Waals surface area (Å²) in [6, 6.07) is 11.2. The second-order valence-corrected chi connectivity index (χ2v) is 6.36. The molecule has 2 saturated carbocycles. The Morgan fingerprint density at radius 2 is 1.58 bits per heavy atom. The number of hydrogen-bond donors (Lipinski definition) is 2. The molecule has 0 heterocycles. The van der Waals surface area contributed by atoms with Crippen molar-refractivity contribution in [1.82, 2.24) is 10.6 Å². The first-order valence-electron chi connectivity index (χ1n) is 7.84. The predicted octanol–water partition coefficient (Wildman–Crippen LogP) is 3.15. The molecule has 0 aromatic heterocycles. The number of benzene rings is 1. The molecule has 2 heteroatoms. The maximum Gasteiger partial charge on any atom is 0.0208 e. The number of hydrogen-bond acceptors (Lipinski definition) is 2. The molecule has 0 saturated heterocycles. The van der Waals surface area contributed by atoms with E-state index in [0.717, 1.165) is 24.7 Å². The van der Waals surface area contributed by atoms with Gasteiger partial charge in [0.2, 0.25) is 0 Å². The van der Waals surface area contributed by atoms with Gasteiger partial charge in [-0.15, -0.1) is 0 Å². The molecule has 0 spiro atoms. The summed E-state index contributed by atoms with van der Waals surface area (Å²) < 4.78 is 0. The molecule has 0 amide bonds. The molecule has 0 aliphatic heterocycles. The summed E-state index contributed by atoms with van der Waals surface area (Å²) in [5, 5.41) is 7.49. The summed E-state index contributed by atoms with van der Waals surface area (Å²) in [4.78, 5) is 0. The lowest BCUT2D eigenvalue weighted by molar-refractivity contribution is 0.305. The van der Waals surface area contributed by atoms with Crippen LogP contribution in [0.15, 0.2) is 24.3 Å². The molecule has 2 aliphatic carbocycles. The van der Waals surface area contributed by atoms with Gasteiger partial charge in [-0.25, -0.2) is 0 Å². The van der Waals surface area contributed by atoms with Crippen LogP contribution in [-0.4, -0.2) is 18.1 Å². The van der Waals surface area contributed by atoms with Crippen molar-refractivity contribution in [3.63, 3.8) is 0 Å². The molecule has 0 bridgehead atoms. The molecular formula is C17H26N2. The summed E-state index contributed by atoms with van der Waals surface area (Å²) >= 11 is 0. The van der Waals surface area contributed by atoms with Crippen LogP contribution >= 0.6 is 0 Å². The highest BCUT2D eigenvalue weighted by molar-refractivity contribution is 5.22. The lowest BCUT2D eigenvalue weighted by Gasteiger charge is -2.30. The maximum absolute atomic E-state index is 3.77. The Morgan fingerprint density at radius 3 is 2.21 bits per heavy atom. The lowest BCUT2D eigenvalue weighted by Crippen LogP contribution is -2.40. The average molecular weight is 258 g/mol. The summed E-state index contributed by atoms with van der Waals surface area (Å²) in [6.45, 7) is 3.19. The van der Waals surface area contributed by atoms with Crippen molar-refractivity contribution >= 4 is 0 Å². The molecule has 0 radical (unpaired) electrons. The van der Waals surface area contributed by atoms with Gasteiger partial charge in [0, 0.05) is 24.7 Å². The van der Waals surface area contributed by atoms with E-state index in [4.69, 9.17) is 0 Å². The molecule has 2 aliphatic rings. The van der Waals surface area contributed by atoms with Gasteiger partial charge in [-0.3, -0.25) is 0 Å². The normalized spacial score (nSPS) is 27.4. The summed E-state index contributed by atoms with van der Waals surface area (Å²) in [7, 11) is 0. The Kier molecular flexibility index (Phi) is 4.19. The molecule has 19 heavy (non-hydrogen) atoms. The van der Waals surface area contributed by atoms with Crippen LogP contribution in [0.4, 0.5) is 0 Å². The van der Waals surface area contributed by atoms with Crippen molar-refractivity contribution in [2.75, 3.05) is 0 Å². The SMILES string of the molecule is Cc1cccc(CNC2CCC(NC3CC3)CC2)c1. The van der Waals surface area contributed by atoms with Crippen LogP contribution < -0.4 is 10.6 Å². The molecule has 0 atom stereocenters. The molecule has 2 fully saturated rings. The van der Waals surface area contributed by atoms with Gasteiger partial charge in [0.15, 0.2) is 0 Å². The molecule has 1 aromatic rings. The fourth-order valence-corrected chi connectivity index (χ4v) is 3.13. The Balaban J connectivity index is 1.39. The third-order valence-electron chi connectivity index (χ3n) is 4.45. The smallest absolute Gasteiger partial charge is 0.0208 e. The molecule has 2 nitrogen and oxygen atoms in total. The van der Waals surface area contributed by atoms with E-state index >= 15 is 0 Å². The van der Waals surface area contributed by atoms with Gasteiger partial charge in [0.05, 0.1) is 0 Å². The third kappa shape index (κ3) is 4.05. The minimum absolute atomic E-state index is 0.720. The molecular weight excluding hydrogens is 232 g/mol. The van der Waals surface area contributed by atoms with Gasteiger partial charge < -0.3 is 10.6 Å². The molecule has 2 N–H and O–H groups in total. The van der Waals surface area contributed by atoms with Crippen molar-refractivity contribution in [1.29, 1.82) is 0 Å². The van der Waals surface area contributed by atoms with Crippen LogP contribution in [0.2, 0.25) is 0 Å². The van der Waals surface area contributed by atoms with Crippen molar-refractivity contribution in [3.8, 4) is 0 Å². The third-order valence-corrected chi connectivity index (χ3v) is 4.45. The average Bonchev–Trinajstić information content (AvgIpc) is 3.22. The van der Waals surface area contributed by atoms with Crippen LogP contribution in [0.1, 0.15) is 49.7 Å². The van der Waals surface area contributed by atoms with Crippen LogP contribution in [0.3, 0.4) is 0 Å². The van der Waals surface area contributed by atoms with Gasteiger partial charge in [-0.05, 0) is 51.0 Å². The summed E-state index contributed by atoms with van der Waals surface area (Å²) in [5.74, 6) is 0. The first-order valence-corrected chi connectivity index (χ1v) is 7.84. The number of nitrogens with one attached hydrogen (secondary N) is 2. The molecule has 1 aromatic carbocycles. The van der Waals surface area contributed by atoms with E-state index in [1.54, 1.807) is 0 Å².